The zero-order chi connectivity index (χ0) is 14.0. The van der Waals surface area contributed by atoms with Gasteiger partial charge in [0, 0.05) is 26.2 Å². The summed E-state index contributed by atoms with van der Waals surface area (Å²) >= 11 is 0. The third kappa shape index (κ3) is 3.03. The topological polar surface area (TPSA) is 32.7 Å². The number of halogens is 1. The highest BCUT2D eigenvalue weighted by atomic mass is 19.1. The van der Waals surface area contributed by atoms with Crippen LogP contribution in [0, 0.1) is 11.7 Å². The summed E-state index contributed by atoms with van der Waals surface area (Å²) in [7, 11) is 0. The summed E-state index contributed by atoms with van der Waals surface area (Å²) in [5.74, 6) is 0.392. The van der Waals surface area contributed by atoms with Crippen molar-refractivity contribution in [2.24, 2.45) is 5.92 Å². The van der Waals surface area contributed by atoms with Gasteiger partial charge in [0.1, 0.15) is 5.82 Å². The molecule has 2 aliphatic heterocycles. The Balaban J connectivity index is 1.57. The molecule has 0 bridgehead atoms. The monoisotopic (exact) mass is 279 g/mol. The highest BCUT2D eigenvalue weighted by Crippen LogP contribution is 2.33. The number of nitrogens with zero attached hydrogens (tertiary/aromatic N) is 1. The lowest BCUT2D eigenvalue weighted by molar-refractivity contribution is -0.0290. The smallest absolute Gasteiger partial charge is 0.123 e. The van der Waals surface area contributed by atoms with Gasteiger partial charge in [0.05, 0.1) is 12.2 Å². The average molecular weight is 279 g/mol. The van der Waals surface area contributed by atoms with Gasteiger partial charge < -0.3 is 14.7 Å². The van der Waals surface area contributed by atoms with Crippen LogP contribution in [0.15, 0.2) is 24.3 Å². The van der Waals surface area contributed by atoms with E-state index in [2.05, 4.69) is 4.90 Å². The SMILES string of the molecule is OC1(c2ccc(F)cc2)CCN(CC2CCOC2)CC1. The zero-order valence-electron chi connectivity index (χ0n) is 11.7. The summed E-state index contributed by atoms with van der Waals surface area (Å²) in [6.07, 6.45) is 2.58. The molecule has 0 spiro atoms. The van der Waals surface area contributed by atoms with Crippen molar-refractivity contribution in [3.63, 3.8) is 0 Å². The summed E-state index contributed by atoms with van der Waals surface area (Å²) in [6.45, 7) is 4.62. The number of ether oxygens (including phenoxy) is 1. The normalized spacial score (nSPS) is 26.8. The molecule has 20 heavy (non-hydrogen) atoms. The molecule has 110 valence electrons. The maximum Gasteiger partial charge on any atom is 0.123 e. The lowest BCUT2D eigenvalue weighted by Crippen LogP contribution is -2.44. The van der Waals surface area contributed by atoms with Crippen LogP contribution in [0.4, 0.5) is 4.39 Å². The Labute approximate surface area is 119 Å². The average Bonchev–Trinajstić information content (AvgIpc) is 2.95. The van der Waals surface area contributed by atoms with Crippen molar-refractivity contribution in [2.75, 3.05) is 32.8 Å². The second kappa shape index (κ2) is 5.80. The van der Waals surface area contributed by atoms with Crippen LogP contribution in [0.25, 0.3) is 0 Å². The van der Waals surface area contributed by atoms with Crippen LogP contribution in [0.3, 0.4) is 0 Å². The van der Waals surface area contributed by atoms with Gasteiger partial charge in [0.15, 0.2) is 0 Å². The van der Waals surface area contributed by atoms with Crippen molar-refractivity contribution in [1.29, 1.82) is 0 Å². The summed E-state index contributed by atoms with van der Waals surface area (Å²) in [6, 6.07) is 6.26. The highest BCUT2D eigenvalue weighted by Gasteiger charge is 2.34. The van der Waals surface area contributed by atoms with Crippen LogP contribution in [-0.4, -0.2) is 42.9 Å². The molecule has 0 aromatic heterocycles. The Morgan fingerprint density at radius 3 is 2.55 bits per heavy atom. The third-order valence-corrected chi connectivity index (χ3v) is 4.61. The van der Waals surface area contributed by atoms with E-state index in [-0.39, 0.29) is 5.82 Å². The Bertz CT molecular complexity index is 434. The van der Waals surface area contributed by atoms with Crippen LogP contribution < -0.4 is 0 Å². The summed E-state index contributed by atoms with van der Waals surface area (Å²) in [4.78, 5) is 2.41. The number of hydrogen-bond donors (Lipinski definition) is 1. The molecule has 0 aliphatic carbocycles. The first kappa shape index (κ1) is 14.0. The molecule has 1 aromatic rings. The molecule has 1 aromatic carbocycles. The van der Waals surface area contributed by atoms with E-state index in [0.29, 0.717) is 18.8 Å². The van der Waals surface area contributed by atoms with Gasteiger partial charge in [-0.1, -0.05) is 12.1 Å². The highest BCUT2D eigenvalue weighted by molar-refractivity contribution is 5.23. The van der Waals surface area contributed by atoms with Gasteiger partial charge in [-0.05, 0) is 42.9 Å². The molecule has 4 heteroatoms. The molecule has 2 fully saturated rings. The van der Waals surface area contributed by atoms with Crippen LogP contribution in [0.5, 0.6) is 0 Å². The van der Waals surface area contributed by atoms with E-state index in [1.54, 1.807) is 12.1 Å². The molecule has 0 amide bonds. The number of aliphatic hydroxyl groups is 1. The Hall–Kier alpha value is -0.970. The fourth-order valence-electron chi connectivity index (χ4n) is 3.25. The Morgan fingerprint density at radius 1 is 1.25 bits per heavy atom. The van der Waals surface area contributed by atoms with Crippen molar-refractivity contribution in [3.05, 3.63) is 35.6 Å². The van der Waals surface area contributed by atoms with Gasteiger partial charge in [-0.15, -0.1) is 0 Å². The predicted octanol–water partition coefficient (Wildman–Crippen LogP) is 2.15. The van der Waals surface area contributed by atoms with Crippen molar-refractivity contribution >= 4 is 0 Å². The van der Waals surface area contributed by atoms with Gasteiger partial charge in [-0.25, -0.2) is 4.39 Å². The van der Waals surface area contributed by atoms with Gasteiger partial charge in [0.2, 0.25) is 0 Å². The lowest BCUT2D eigenvalue weighted by atomic mass is 9.84. The zero-order valence-corrected chi connectivity index (χ0v) is 11.7. The number of hydrogen-bond acceptors (Lipinski definition) is 3. The second-order valence-electron chi connectivity index (χ2n) is 6.07. The molecule has 0 radical (unpaired) electrons. The van der Waals surface area contributed by atoms with E-state index in [1.165, 1.54) is 12.1 Å². The summed E-state index contributed by atoms with van der Waals surface area (Å²) in [5.41, 5.74) is 0.0406. The van der Waals surface area contributed by atoms with E-state index >= 15 is 0 Å². The first-order valence-electron chi connectivity index (χ1n) is 7.44. The Kier molecular flexibility index (Phi) is 4.06. The van der Waals surface area contributed by atoms with Crippen molar-refractivity contribution < 1.29 is 14.2 Å². The molecule has 1 N–H and O–H groups in total. The maximum absolute atomic E-state index is 13.0. The second-order valence-corrected chi connectivity index (χ2v) is 6.07. The van der Waals surface area contributed by atoms with Gasteiger partial charge in [0.25, 0.3) is 0 Å². The number of benzene rings is 1. The van der Waals surface area contributed by atoms with E-state index in [9.17, 15) is 9.50 Å². The maximum atomic E-state index is 13.0. The fraction of sp³-hybridized carbons (Fsp3) is 0.625. The van der Waals surface area contributed by atoms with Crippen molar-refractivity contribution in [1.82, 2.24) is 4.90 Å². The first-order valence-corrected chi connectivity index (χ1v) is 7.44. The van der Waals surface area contributed by atoms with E-state index in [4.69, 9.17) is 4.74 Å². The van der Waals surface area contributed by atoms with Crippen LogP contribution in [0.1, 0.15) is 24.8 Å². The van der Waals surface area contributed by atoms with E-state index in [0.717, 1.165) is 44.8 Å². The molecule has 2 heterocycles. The van der Waals surface area contributed by atoms with Crippen molar-refractivity contribution in [3.8, 4) is 0 Å². The first-order chi connectivity index (χ1) is 9.66. The van der Waals surface area contributed by atoms with Crippen molar-refractivity contribution in [2.45, 2.75) is 24.9 Å². The van der Waals surface area contributed by atoms with E-state index in [1.807, 2.05) is 0 Å². The van der Waals surface area contributed by atoms with Crippen LogP contribution >= 0.6 is 0 Å². The number of likely N-dealkylation sites (tertiary alicyclic amines) is 1. The van der Waals surface area contributed by atoms with E-state index < -0.39 is 5.60 Å². The summed E-state index contributed by atoms with van der Waals surface area (Å²) < 4.78 is 18.4. The fourth-order valence-corrected chi connectivity index (χ4v) is 3.25. The molecule has 2 aliphatic rings. The van der Waals surface area contributed by atoms with Crippen LogP contribution in [0.2, 0.25) is 0 Å². The molecule has 1 atom stereocenters. The summed E-state index contributed by atoms with van der Waals surface area (Å²) in [5, 5.41) is 10.7. The standard InChI is InChI=1S/C16H22FNO2/c17-15-3-1-14(2-4-15)16(19)6-8-18(9-7-16)11-13-5-10-20-12-13/h1-4,13,19H,5-12H2. The molecular formula is C16H22FNO2. The molecule has 3 rings (SSSR count). The minimum atomic E-state index is -0.795. The molecule has 2 saturated heterocycles. The molecule has 1 unspecified atom stereocenters. The van der Waals surface area contributed by atoms with Gasteiger partial charge in [-0.3, -0.25) is 0 Å². The largest absolute Gasteiger partial charge is 0.385 e. The van der Waals surface area contributed by atoms with Crippen LogP contribution in [-0.2, 0) is 10.3 Å². The molecular weight excluding hydrogens is 257 g/mol. The van der Waals surface area contributed by atoms with Gasteiger partial charge >= 0.3 is 0 Å². The number of piperidine rings is 1. The number of rotatable bonds is 3. The lowest BCUT2D eigenvalue weighted by Gasteiger charge is -2.39. The molecule has 3 nitrogen and oxygen atoms in total. The van der Waals surface area contributed by atoms with Gasteiger partial charge in [-0.2, -0.15) is 0 Å². The Morgan fingerprint density at radius 2 is 1.95 bits per heavy atom. The molecule has 0 saturated carbocycles. The minimum Gasteiger partial charge on any atom is -0.385 e. The quantitative estimate of drug-likeness (QED) is 0.920. The third-order valence-electron chi connectivity index (χ3n) is 4.61. The predicted molar refractivity (Wildman–Crippen MR) is 74.9 cm³/mol. The minimum absolute atomic E-state index is 0.254.